The molecule has 0 heterocycles. The molecule has 0 N–H and O–H groups in total. The average molecular weight is 564 g/mol. The lowest BCUT2D eigenvalue weighted by Crippen LogP contribution is -2.68. The highest BCUT2D eigenvalue weighted by molar-refractivity contribution is 5.79. The average Bonchev–Trinajstić information content (AvgIpc) is 3.10. The summed E-state index contributed by atoms with van der Waals surface area (Å²) in [6.07, 6.45) is -40.6. The summed E-state index contributed by atoms with van der Waals surface area (Å²) in [5, 5.41) is 0. The maximum Gasteiger partial charge on any atom is 0.462 e. The van der Waals surface area contributed by atoms with E-state index in [9.17, 15) is 79.4 Å². The van der Waals surface area contributed by atoms with E-state index in [2.05, 4.69) is 4.74 Å². The lowest BCUT2D eigenvalue weighted by atomic mass is 10.2. The first kappa shape index (κ1) is 31.2. The molecule has 2 atom stereocenters. The largest absolute Gasteiger partial charge is 0.462 e. The van der Waals surface area contributed by atoms with Crippen LogP contribution in [-0.4, -0.2) is 60.5 Å². The van der Waals surface area contributed by atoms with Gasteiger partial charge in [-0.15, -0.1) is 0 Å². The van der Waals surface area contributed by atoms with Crippen LogP contribution in [0.2, 0.25) is 0 Å². The molecule has 0 aliphatic heterocycles. The van der Waals surface area contributed by atoms with Crippen LogP contribution in [0, 0.1) is 0 Å². The van der Waals surface area contributed by atoms with Crippen molar-refractivity contribution in [3.8, 4) is 0 Å². The van der Waals surface area contributed by atoms with Crippen LogP contribution in [0.3, 0.4) is 0 Å². The van der Waals surface area contributed by atoms with E-state index in [4.69, 9.17) is 0 Å². The molecule has 1 aliphatic carbocycles. The molecule has 0 amide bonds. The zero-order valence-corrected chi connectivity index (χ0v) is 16.0. The van der Waals surface area contributed by atoms with Crippen molar-refractivity contribution in [2.24, 2.45) is 0 Å². The fourth-order valence-electron chi connectivity index (χ4n) is 2.38. The van der Waals surface area contributed by atoms with E-state index >= 15 is 0 Å². The normalized spacial score (nSPS) is 20.9. The summed E-state index contributed by atoms with van der Waals surface area (Å²) in [5.41, 5.74) is 0. The topological polar surface area (TPSA) is 44.8 Å². The molecule has 0 unspecified atom stereocenters. The van der Waals surface area contributed by atoms with Crippen molar-refractivity contribution in [1.82, 2.24) is 0 Å². The minimum Gasteiger partial charge on any atom is -0.458 e. The van der Waals surface area contributed by atoms with Gasteiger partial charge >= 0.3 is 54.3 Å². The predicted molar refractivity (Wildman–Crippen MR) is 71.2 cm³/mol. The Morgan fingerprint density at radius 2 is 1.00 bits per heavy atom. The first-order chi connectivity index (χ1) is 15.2. The number of halogens is 17. The molecule has 35 heavy (non-hydrogen) atoms. The zero-order valence-electron chi connectivity index (χ0n) is 16.0. The van der Waals surface area contributed by atoms with Crippen molar-refractivity contribution in [2.45, 2.75) is 80.2 Å². The van der Waals surface area contributed by atoms with E-state index in [1.165, 1.54) is 4.74 Å². The van der Waals surface area contributed by atoms with E-state index in [1.54, 1.807) is 0 Å². The summed E-state index contributed by atoms with van der Waals surface area (Å²) in [5.74, 6) is -26.3. The summed E-state index contributed by atoms with van der Waals surface area (Å²) in [6, 6.07) is 0. The summed E-state index contributed by atoms with van der Waals surface area (Å²) in [6.45, 7) is 0. The van der Waals surface area contributed by atoms with Crippen LogP contribution in [0.4, 0.5) is 74.6 Å². The summed E-state index contributed by atoms with van der Waals surface area (Å²) >= 11 is 0. The number of rotatable bonds is 8. The quantitative estimate of drug-likeness (QED) is 0.255. The molecule has 0 aromatic carbocycles. The molecule has 208 valence electrons. The van der Waals surface area contributed by atoms with Gasteiger partial charge < -0.3 is 4.74 Å². The van der Waals surface area contributed by atoms with Gasteiger partial charge in [0.25, 0.3) is 0 Å². The number of esters is 1. The fourth-order valence-corrected chi connectivity index (χ4v) is 2.38. The highest BCUT2D eigenvalue weighted by atomic mass is 19.4. The molecule has 1 saturated carbocycles. The second-order valence-electron chi connectivity index (χ2n) is 6.81. The van der Waals surface area contributed by atoms with Gasteiger partial charge in [0, 0.05) is 0 Å². The third-order valence-electron chi connectivity index (χ3n) is 4.20. The molecule has 1 fully saturated rings. The second kappa shape index (κ2) is 8.94. The maximum absolute atomic E-state index is 14.2. The first-order valence-corrected chi connectivity index (χ1v) is 8.49. The summed E-state index contributed by atoms with van der Waals surface area (Å²) < 4.78 is 228. The molecule has 0 radical (unpaired) electrons. The van der Waals surface area contributed by atoms with Crippen LogP contribution in [0.5, 0.6) is 0 Å². The molecular weight excluding hydrogens is 555 g/mol. The van der Waals surface area contributed by atoms with Crippen molar-refractivity contribution in [3.63, 3.8) is 0 Å². The van der Waals surface area contributed by atoms with Crippen molar-refractivity contribution in [3.05, 3.63) is 0 Å². The van der Waals surface area contributed by atoms with Crippen molar-refractivity contribution in [2.75, 3.05) is 0 Å². The van der Waals surface area contributed by atoms with E-state index in [-0.39, 0.29) is 25.7 Å². The lowest BCUT2D eigenvalue weighted by molar-refractivity contribution is -0.548. The molecule has 0 saturated heterocycles. The van der Waals surface area contributed by atoms with Crippen LogP contribution in [-0.2, 0) is 19.0 Å². The molecular formula is C14H9F17O4. The third kappa shape index (κ3) is 5.63. The van der Waals surface area contributed by atoms with Crippen LogP contribution in [0.15, 0.2) is 0 Å². The van der Waals surface area contributed by atoms with Crippen molar-refractivity contribution < 1.29 is 93.6 Å². The highest BCUT2D eigenvalue weighted by Crippen LogP contribution is 2.56. The van der Waals surface area contributed by atoms with E-state index < -0.39 is 60.5 Å². The van der Waals surface area contributed by atoms with Crippen LogP contribution < -0.4 is 0 Å². The number of hydrogen-bond donors (Lipinski definition) is 0. The Morgan fingerprint density at radius 3 is 1.34 bits per heavy atom. The molecule has 1 rings (SSSR count). The van der Waals surface area contributed by atoms with Crippen LogP contribution in [0.25, 0.3) is 0 Å². The molecule has 4 nitrogen and oxygen atoms in total. The maximum atomic E-state index is 14.2. The van der Waals surface area contributed by atoms with E-state index in [0.717, 1.165) is 0 Å². The lowest BCUT2D eigenvalue weighted by Gasteiger charge is -2.40. The number of carbonyl (C=O) groups is 1. The molecule has 21 heteroatoms. The van der Waals surface area contributed by atoms with Gasteiger partial charge in [-0.1, -0.05) is 0 Å². The molecule has 1 aliphatic rings. The fraction of sp³-hybridized carbons (Fsp3) is 0.929. The standard InChI is InChI=1S/C14H9F17O4/c15-7(10(19,20)21,6(32)33-5-3-1-2-4-5)34-14(30,31)9(18,12(25,26)27)35-13(28,29)8(16,17)11(22,23)24/h5H,1-4H2/t7-,9-/m1/s1. The Kier molecular flexibility index (Phi) is 7.98. The van der Waals surface area contributed by atoms with Crippen molar-refractivity contribution >= 4 is 5.97 Å². The second-order valence-corrected chi connectivity index (χ2v) is 6.81. The summed E-state index contributed by atoms with van der Waals surface area (Å²) in [7, 11) is 0. The van der Waals surface area contributed by atoms with Crippen LogP contribution in [0.1, 0.15) is 25.7 Å². The van der Waals surface area contributed by atoms with Gasteiger partial charge in [-0.25, -0.2) is 4.79 Å². The SMILES string of the molecule is O=C(OC1CCCC1)[C@@](F)(OC(F)(F)[C@](F)(OC(F)(F)C(F)(F)C(F)(F)F)C(F)(F)F)C(F)(F)F. The molecule has 0 bridgehead atoms. The smallest absolute Gasteiger partial charge is 0.458 e. The Labute approximate surface area is 181 Å². The van der Waals surface area contributed by atoms with Gasteiger partial charge in [0.15, 0.2) is 0 Å². The highest BCUT2D eigenvalue weighted by Gasteiger charge is 2.85. The predicted octanol–water partition coefficient (Wildman–Crippen LogP) is 6.34. The molecule has 0 aromatic heterocycles. The van der Waals surface area contributed by atoms with Gasteiger partial charge in [-0.3, -0.25) is 9.47 Å². The number of carbonyl (C=O) groups excluding carboxylic acids is 1. The zero-order chi connectivity index (χ0) is 28.1. The molecule has 0 aromatic rings. The monoisotopic (exact) mass is 564 g/mol. The summed E-state index contributed by atoms with van der Waals surface area (Å²) in [4.78, 5) is 11.5. The van der Waals surface area contributed by atoms with Gasteiger partial charge in [-0.2, -0.15) is 74.6 Å². The minimum atomic E-state index is -8.03. The van der Waals surface area contributed by atoms with Gasteiger partial charge in [0.05, 0.1) is 0 Å². The number of alkyl halides is 17. The van der Waals surface area contributed by atoms with Crippen molar-refractivity contribution in [1.29, 1.82) is 0 Å². The Bertz CT molecular complexity index is 766. The number of ether oxygens (including phenoxy) is 3. The number of hydrogen-bond acceptors (Lipinski definition) is 4. The minimum absolute atomic E-state index is 0.109. The molecule has 0 spiro atoms. The Hall–Kier alpha value is -1.80. The Morgan fingerprint density at radius 1 is 0.571 bits per heavy atom. The van der Waals surface area contributed by atoms with Gasteiger partial charge in [0.2, 0.25) is 0 Å². The first-order valence-electron chi connectivity index (χ1n) is 8.49. The van der Waals surface area contributed by atoms with Crippen LogP contribution >= 0.6 is 0 Å². The van der Waals surface area contributed by atoms with Gasteiger partial charge in [-0.05, 0) is 25.7 Å². The van der Waals surface area contributed by atoms with Gasteiger partial charge in [0.1, 0.15) is 6.10 Å². The Balaban J connectivity index is 3.54. The van der Waals surface area contributed by atoms with E-state index in [1.807, 2.05) is 4.74 Å². The third-order valence-corrected chi connectivity index (χ3v) is 4.20. The van der Waals surface area contributed by atoms with E-state index in [0.29, 0.717) is 0 Å².